The second kappa shape index (κ2) is 10.3. The van der Waals surface area contributed by atoms with Gasteiger partial charge in [-0.2, -0.15) is 5.26 Å². The highest BCUT2D eigenvalue weighted by atomic mass is 16.3. The topological polar surface area (TPSA) is 86.3 Å². The number of nitriles is 1. The molecule has 6 heteroatoms. The van der Waals surface area contributed by atoms with E-state index in [2.05, 4.69) is 36.0 Å². The minimum atomic E-state index is -0.242. The standard InChI is InChI=1S/C30H33N3O3/c1-32-19-27(22-11-13-33(14-12-22)30(36)23-6-8-25(34)9-7-23)26-16-20(5-10-28(26)32)17-29(35)24-4-2-3-21(15-24)18-31/h2-5,10,15-16,19,22-23,25,34H,6-9,11-14,17H2,1H3. The molecule has 3 aromatic rings. The lowest BCUT2D eigenvalue weighted by Crippen LogP contribution is -2.42. The van der Waals surface area contributed by atoms with Crippen LogP contribution in [-0.4, -0.2) is 45.5 Å². The summed E-state index contributed by atoms with van der Waals surface area (Å²) in [4.78, 5) is 27.9. The maximum absolute atomic E-state index is 13.0. The van der Waals surface area contributed by atoms with Gasteiger partial charge in [-0.25, -0.2) is 0 Å². The van der Waals surface area contributed by atoms with E-state index in [0.29, 0.717) is 23.5 Å². The number of carbonyl (C=O) groups excluding carboxylic acids is 2. The number of aromatic nitrogens is 1. The quantitative estimate of drug-likeness (QED) is 0.532. The average molecular weight is 484 g/mol. The van der Waals surface area contributed by atoms with E-state index in [1.807, 2.05) is 11.0 Å². The Morgan fingerprint density at radius 2 is 1.78 bits per heavy atom. The van der Waals surface area contributed by atoms with E-state index in [4.69, 9.17) is 5.26 Å². The molecule has 0 bridgehead atoms. The lowest BCUT2D eigenvalue weighted by molar-refractivity contribution is -0.138. The maximum Gasteiger partial charge on any atom is 0.225 e. The van der Waals surface area contributed by atoms with Crippen molar-refractivity contribution in [3.63, 3.8) is 0 Å². The molecule has 2 fully saturated rings. The molecule has 5 rings (SSSR count). The highest BCUT2D eigenvalue weighted by molar-refractivity contribution is 5.98. The molecule has 1 N–H and O–H groups in total. The van der Waals surface area contributed by atoms with Gasteiger partial charge in [0, 0.05) is 55.1 Å². The second-order valence-corrected chi connectivity index (χ2v) is 10.4. The minimum Gasteiger partial charge on any atom is -0.393 e. The first-order valence-corrected chi connectivity index (χ1v) is 13.0. The fourth-order valence-corrected chi connectivity index (χ4v) is 5.95. The van der Waals surface area contributed by atoms with Crippen molar-refractivity contribution in [3.05, 3.63) is 70.9 Å². The Kier molecular flexibility index (Phi) is 6.93. The Labute approximate surface area is 212 Å². The summed E-state index contributed by atoms with van der Waals surface area (Å²) in [7, 11) is 2.06. The summed E-state index contributed by atoms with van der Waals surface area (Å²) < 4.78 is 2.15. The molecular formula is C30H33N3O3. The number of carbonyl (C=O) groups is 2. The largest absolute Gasteiger partial charge is 0.393 e. The first-order chi connectivity index (χ1) is 17.4. The van der Waals surface area contributed by atoms with Crippen LogP contribution in [0.2, 0.25) is 0 Å². The van der Waals surface area contributed by atoms with Crippen LogP contribution in [0.3, 0.4) is 0 Å². The number of Topliss-reactive ketones (excluding diaryl/α,β-unsaturated/α-hetero) is 1. The molecule has 1 saturated heterocycles. The Morgan fingerprint density at radius 1 is 1.03 bits per heavy atom. The van der Waals surface area contributed by atoms with E-state index in [0.717, 1.165) is 62.7 Å². The van der Waals surface area contributed by atoms with Crippen LogP contribution >= 0.6 is 0 Å². The van der Waals surface area contributed by atoms with E-state index in [1.165, 1.54) is 10.9 Å². The van der Waals surface area contributed by atoms with Crippen LogP contribution in [0.25, 0.3) is 10.9 Å². The van der Waals surface area contributed by atoms with Crippen molar-refractivity contribution in [1.29, 1.82) is 5.26 Å². The zero-order chi connectivity index (χ0) is 25.2. The van der Waals surface area contributed by atoms with Crippen LogP contribution in [0, 0.1) is 17.2 Å². The molecular weight excluding hydrogens is 450 g/mol. The van der Waals surface area contributed by atoms with Gasteiger partial charge in [-0.1, -0.05) is 18.2 Å². The van der Waals surface area contributed by atoms with E-state index < -0.39 is 0 Å². The summed E-state index contributed by atoms with van der Waals surface area (Å²) in [6.45, 7) is 1.54. The van der Waals surface area contributed by atoms with Gasteiger partial charge in [-0.3, -0.25) is 9.59 Å². The number of ketones is 1. The Balaban J connectivity index is 1.29. The molecule has 6 nitrogen and oxygen atoms in total. The van der Waals surface area contributed by atoms with Crippen LogP contribution < -0.4 is 0 Å². The smallest absolute Gasteiger partial charge is 0.225 e. The van der Waals surface area contributed by atoms with Crippen molar-refractivity contribution >= 4 is 22.6 Å². The monoisotopic (exact) mass is 483 g/mol. The number of fused-ring (bicyclic) bond motifs is 1. The minimum absolute atomic E-state index is 0.00554. The molecule has 1 aliphatic carbocycles. The van der Waals surface area contributed by atoms with Gasteiger partial charge in [0.25, 0.3) is 0 Å². The summed E-state index contributed by atoms with van der Waals surface area (Å²) >= 11 is 0. The van der Waals surface area contributed by atoms with Crippen LogP contribution in [0.4, 0.5) is 0 Å². The summed E-state index contributed by atoms with van der Waals surface area (Å²) in [6, 6.07) is 15.2. The van der Waals surface area contributed by atoms with Gasteiger partial charge < -0.3 is 14.6 Å². The first-order valence-electron chi connectivity index (χ1n) is 13.0. The summed E-state index contributed by atoms with van der Waals surface area (Å²) in [5.74, 6) is 0.714. The first kappa shape index (κ1) is 24.3. The van der Waals surface area contributed by atoms with E-state index in [-0.39, 0.29) is 23.7 Å². The van der Waals surface area contributed by atoms with E-state index in [9.17, 15) is 14.7 Å². The predicted octanol–water partition coefficient (Wildman–Crippen LogP) is 4.73. The summed E-state index contributed by atoms with van der Waals surface area (Å²) in [5, 5.41) is 20.1. The number of rotatable bonds is 5. The van der Waals surface area contributed by atoms with Crippen molar-refractivity contribution in [2.45, 2.75) is 57.0 Å². The number of hydrogen-bond acceptors (Lipinski definition) is 4. The number of benzene rings is 2. The van der Waals surface area contributed by atoms with Gasteiger partial charge in [0.15, 0.2) is 5.78 Å². The number of likely N-dealkylation sites (tertiary alicyclic amines) is 1. The molecule has 0 radical (unpaired) electrons. The lowest BCUT2D eigenvalue weighted by atomic mass is 9.84. The fourth-order valence-electron chi connectivity index (χ4n) is 5.95. The van der Waals surface area contributed by atoms with Crippen molar-refractivity contribution in [2.75, 3.05) is 13.1 Å². The highest BCUT2D eigenvalue weighted by Gasteiger charge is 2.32. The van der Waals surface area contributed by atoms with Crippen LogP contribution in [-0.2, 0) is 18.3 Å². The summed E-state index contributed by atoms with van der Waals surface area (Å²) in [5.41, 5.74) is 4.46. The number of amides is 1. The van der Waals surface area contributed by atoms with Crippen LogP contribution in [0.5, 0.6) is 0 Å². The van der Waals surface area contributed by atoms with Gasteiger partial charge in [0.2, 0.25) is 5.91 Å². The SMILES string of the molecule is Cn1cc(C2CCN(C(=O)C3CCC(O)CC3)CC2)c2cc(CC(=O)c3cccc(C#N)c3)ccc21. The van der Waals surface area contributed by atoms with Gasteiger partial charge in [0.1, 0.15) is 0 Å². The van der Waals surface area contributed by atoms with Gasteiger partial charge in [-0.15, -0.1) is 0 Å². The number of aliphatic hydroxyl groups excluding tert-OH is 1. The number of aliphatic hydroxyl groups is 1. The highest BCUT2D eigenvalue weighted by Crippen LogP contribution is 2.36. The van der Waals surface area contributed by atoms with Crippen molar-refractivity contribution in [3.8, 4) is 6.07 Å². The number of piperidine rings is 1. The molecule has 186 valence electrons. The molecule has 2 heterocycles. The third-order valence-corrected chi connectivity index (χ3v) is 8.06. The van der Waals surface area contributed by atoms with Crippen molar-refractivity contribution in [1.82, 2.24) is 9.47 Å². The van der Waals surface area contributed by atoms with Crippen LogP contribution in [0.1, 0.15) is 71.5 Å². The molecule has 2 aromatic carbocycles. The van der Waals surface area contributed by atoms with Gasteiger partial charge >= 0.3 is 0 Å². The Bertz CT molecular complexity index is 1320. The molecule has 1 amide bonds. The zero-order valence-corrected chi connectivity index (χ0v) is 20.8. The second-order valence-electron chi connectivity index (χ2n) is 10.4. The number of aryl methyl sites for hydroxylation is 1. The van der Waals surface area contributed by atoms with Crippen molar-refractivity contribution in [2.24, 2.45) is 13.0 Å². The molecule has 1 saturated carbocycles. The van der Waals surface area contributed by atoms with E-state index >= 15 is 0 Å². The van der Waals surface area contributed by atoms with E-state index in [1.54, 1.807) is 24.3 Å². The average Bonchev–Trinajstić information content (AvgIpc) is 3.24. The molecule has 1 aliphatic heterocycles. The molecule has 1 aromatic heterocycles. The molecule has 0 unspecified atom stereocenters. The van der Waals surface area contributed by atoms with Gasteiger partial charge in [0.05, 0.1) is 17.7 Å². The Morgan fingerprint density at radius 3 is 2.50 bits per heavy atom. The maximum atomic E-state index is 13.0. The normalized spacial score (nSPS) is 20.9. The summed E-state index contributed by atoms with van der Waals surface area (Å²) in [6.07, 6.45) is 7.19. The van der Waals surface area contributed by atoms with Crippen LogP contribution in [0.15, 0.2) is 48.7 Å². The zero-order valence-electron chi connectivity index (χ0n) is 20.8. The molecule has 36 heavy (non-hydrogen) atoms. The van der Waals surface area contributed by atoms with Gasteiger partial charge in [-0.05, 0) is 79.8 Å². The lowest BCUT2D eigenvalue weighted by Gasteiger charge is -2.35. The molecule has 0 spiro atoms. The third kappa shape index (κ3) is 4.94. The number of nitrogens with zero attached hydrogens (tertiary/aromatic N) is 3. The fraction of sp³-hybridized carbons (Fsp3) is 0.433. The molecule has 0 atom stereocenters. The Hall–Kier alpha value is -3.43. The molecule has 2 aliphatic rings. The van der Waals surface area contributed by atoms with Crippen molar-refractivity contribution < 1.29 is 14.7 Å². The third-order valence-electron chi connectivity index (χ3n) is 8.06. The number of hydrogen-bond donors (Lipinski definition) is 1. The predicted molar refractivity (Wildman–Crippen MR) is 139 cm³/mol.